The van der Waals surface area contributed by atoms with Crippen molar-refractivity contribution in [1.29, 1.82) is 0 Å². The molecule has 1 fully saturated rings. The molecule has 0 saturated carbocycles. The van der Waals surface area contributed by atoms with Crippen molar-refractivity contribution in [2.45, 2.75) is 30.9 Å². The lowest BCUT2D eigenvalue weighted by atomic mass is 10.1. The Bertz CT molecular complexity index is 387. The maximum absolute atomic E-state index is 12.0. The van der Waals surface area contributed by atoms with Crippen LogP contribution in [0.15, 0.2) is 24.3 Å². The molecule has 0 radical (unpaired) electrons. The number of carbonyl (C=O) groups excluding carboxylic acids is 1. The van der Waals surface area contributed by atoms with E-state index < -0.39 is 0 Å². The lowest BCUT2D eigenvalue weighted by molar-refractivity contribution is -0.115. The van der Waals surface area contributed by atoms with Gasteiger partial charge in [-0.25, -0.2) is 0 Å². The van der Waals surface area contributed by atoms with Gasteiger partial charge in [0.05, 0.1) is 5.25 Å². The van der Waals surface area contributed by atoms with Gasteiger partial charge >= 0.3 is 0 Å². The van der Waals surface area contributed by atoms with E-state index in [1.165, 1.54) is 18.4 Å². The highest BCUT2D eigenvalue weighted by molar-refractivity contribution is 9.09. The Labute approximate surface area is 121 Å². The van der Waals surface area contributed by atoms with Gasteiger partial charge in [0.25, 0.3) is 0 Å². The largest absolute Gasteiger partial charge is 0.325 e. The van der Waals surface area contributed by atoms with Crippen LogP contribution in [-0.2, 0) is 11.2 Å². The highest BCUT2D eigenvalue weighted by atomic mass is 79.9. The summed E-state index contributed by atoms with van der Waals surface area (Å²) in [5.41, 5.74) is 2.20. The molecule has 1 amide bonds. The molecule has 1 aliphatic heterocycles. The molecule has 18 heavy (non-hydrogen) atoms. The number of nitrogens with one attached hydrogen (secondary N) is 1. The summed E-state index contributed by atoms with van der Waals surface area (Å²) in [5, 5.41) is 4.12. The van der Waals surface area contributed by atoms with E-state index in [1.807, 2.05) is 12.1 Å². The van der Waals surface area contributed by atoms with Crippen LogP contribution in [0.2, 0.25) is 0 Å². The van der Waals surface area contributed by atoms with Crippen LogP contribution in [0.1, 0.15) is 24.8 Å². The molecular formula is C14H18BrNOS. The molecule has 0 aromatic heterocycles. The van der Waals surface area contributed by atoms with E-state index in [2.05, 4.69) is 33.4 Å². The second-order valence-electron chi connectivity index (χ2n) is 4.48. The summed E-state index contributed by atoms with van der Waals surface area (Å²) < 4.78 is 0. The minimum Gasteiger partial charge on any atom is -0.325 e. The van der Waals surface area contributed by atoms with Crippen molar-refractivity contribution >= 4 is 39.3 Å². The molecule has 1 N–H and O–H groups in total. The van der Waals surface area contributed by atoms with Crippen molar-refractivity contribution < 1.29 is 4.79 Å². The average molecular weight is 328 g/mol. The van der Waals surface area contributed by atoms with Gasteiger partial charge in [0.1, 0.15) is 0 Å². The standard InChI is InChI=1S/C14H18BrNOS/c15-9-8-11-4-6-12(7-5-11)16-14(17)13-3-1-2-10-18-13/h4-7,13H,1-3,8-10H2,(H,16,17). The molecule has 1 aromatic carbocycles. The summed E-state index contributed by atoms with van der Waals surface area (Å²) >= 11 is 5.21. The van der Waals surface area contributed by atoms with Crippen molar-refractivity contribution in [2.24, 2.45) is 0 Å². The Kier molecular flexibility index (Phi) is 5.57. The van der Waals surface area contributed by atoms with E-state index in [4.69, 9.17) is 0 Å². The number of thioether (sulfide) groups is 1. The molecule has 1 unspecified atom stereocenters. The smallest absolute Gasteiger partial charge is 0.237 e. The Hall–Kier alpha value is -0.480. The lowest BCUT2D eigenvalue weighted by Crippen LogP contribution is -2.27. The number of alkyl halides is 1. The van der Waals surface area contributed by atoms with Gasteiger partial charge in [-0.15, -0.1) is 11.8 Å². The average Bonchev–Trinajstić information content (AvgIpc) is 2.42. The summed E-state index contributed by atoms with van der Waals surface area (Å²) in [6, 6.07) is 8.13. The first-order chi connectivity index (χ1) is 8.79. The Morgan fingerprint density at radius 2 is 2.11 bits per heavy atom. The fourth-order valence-corrected chi connectivity index (χ4v) is 3.69. The molecule has 1 saturated heterocycles. The van der Waals surface area contributed by atoms with Gasteiger partial charge in [-0.1, -0.05) is 34.5 Å². The quantitative estimate of drug-likeness (QED) is 0.851. The van der Waals surface area contributed by atoms with E-state index in [9.17, 15) is 4.79 Å². The number of anilines is 1. The van der Waals surface area contributed by atoms with Crippen LogP contribution in [0.4, 0.5) is 5.69 Å². The highest BCUT2D eigenvalue weighted by Gasteiger charge is 2.21. The monoisotopic (exact) mass is 327 g/mol. The number of carbonyl (C=O) groups is 1. The van der Waals surface area contributed by atoms with Crippen LogP contribution in [0, 0.1) is 0 Å². The predicted octanol–water partition coefficient (Wildman–Crippen LogP) is 3.85. The van der Waals surface area contributed by atoms with Gasteiger partial charge < -0.3 is 5.32 Å². The summed E-state index contributed by atoms with van der Waals surface area (Å²) in [4.78, 5) is 12.0. The van der Waals surface area contributed by atoms with E-state index >= 15 is 0 Å². The first-order valence-corrected chi connectivity index (χ1v) is 8.54. The van der Waals surface area contributed by atoms with Crippen molar-refractivity contribution in [1.82, 2.24) is 0 Å². The number of benzene rings is 1. The second kappa shape index (κ2) is 7.19. The third kappa shape index (κ3) is 4.02. The number of amides is 1. The van der Waals surface area contributed by atoms with E-state index in [1.54, 1.807) is 11.8 Å². The van der Waals surface area contributed by atoms with Crippen LogP contribution in [-0.4, -0.2) is 22.2 Å². The molecule has 98 valence electrons. The van der Waals surface area contributed by atoms with Crippen LogP contribution >= 0.6 is 27.7 Å². The van der Waals surface area contributed by atoms with Gasteiger partial charge in [0.2, 0.25) is 5.91 Å². The fraction of sp³-hybridized carbons (Fsp3) is 0.500. The second-order valence-corrected chi connectivity index (χ2v) is 6.58. The topological polar surface area (TPSA) is 29.1 Å². The van der Waals surface area contributed by atoms with Crippen LogP contribution in [0.3, 0.4) is 0 Å². The summed E-state index contributed by atoms with van der Waals surface area (Å²) in [5.74, 6) is 1.27. The van der Waals surface area contributed by atoms with Crippen molar-refractivity contribution in [3.63, 3.8) is 0 Å². The molecule has 1 aliphatic rings. The highest BCUT2D eigenvalue weighted by Crippen LogP contribution is 2.26. The van der Waals surface area contributed by atoms with Gasteiger partial charge in [0.15, 0.2) is 0 Å². The maximum Gasteiger partial charge on any atom is 0.237 e. The zero-order valence-electron chi connectivity index (χ0n) is 10.3. The first-order valence-electron chi connectivity index (χ1n) is 6.37. The van der Waals surface area contributed by atoms with Crippen LogP contribution in [0.5, 0.6) is 0 Å². The zero-order chi connectivity index (χ0) is 12.8. The number of rotatable bonds is 4. The molecule has 0 bridgehead atoms. The number of halogens is 1. The van der Waals surface area contributed by atoms with Gasteiger partial charge in [-0.3, -0.25) is 4.79 Å². The van der Waals surface area contributed by atoms with E-state index in [0.29, 0.717) is 0 Å². The molecule has 0 spiro atoms. The first kappa shape index (κ1) is 13.9. The molecule has 1 aromatic rings. The summed E-state index contributed by atoms with van der Waals surface area (Å²) in [6.45, 7) is 0. The minimum absolute atomic E-state index is 0.140. The molecular weight excluding hydrogens is 310 g/mol. The zero-order valence-corrected chi connectivity index (χ0v) is 12.7. The van der Waals surface area contributed by atoms with Crippen LogP contribution < -0.4 is 5.32 Å². The van der Waals surface area contributed by atoms with E-state index in [0.717, 1.165) is 29.6 Å². The number of hydrogen-bond donors (Lipinski definition) is 1. The van der Waals surface area contributed by atoms with Crippen LogP contribution in [0.25, 0.3) is 0 Å². The van der Waals surface area contributed by atoms with Gasteiger partial charge in [-0.2, -0.15) is 0 Å². The third-order valence-corrected chi connectivity index (χ3v) is 4.85. The maximum atomic E-state index is 12.0. The lowest BCUT2D eigenvalue weighted by Gasteiger charge is -2.20. The molecule has 4 heteroatoms. The number of hydrogen-bond acceptors (Lipinski definition) is 2. The predicted molar refractivity (Wildman–Crippen MR) is 82.7 cm³/mol. The Morgan fingerprint density at radius 1 is 1.33 bits per heavy atom. The SMILES string of the molecule is O=C(Nc1ccc(CCBr)cc1)C1CCCCS1. The third-order valence-electron chi connectivity index (χ3n) is 3.08. The van der Waals surface area contributed by atoms with Gasteiger partial charge in [-0.05, 0) is 42.7 Å². The molecule has 1 heterocycles. The van der Waals surface area contributed by atoms with Gasteiger partial charge in [0, 0.05) is 11.0 Å². The molecule has 1 atom stereocenters. The molecule has 2 nitrogen and oxygen atoms in total. The summed E-state index contributed by atoms with van der Waals surface area (Å²) in [7, 11) is 0. The summed E-state index contributed by atoms with van der Waals surface area (Å²) in [6.07, 6.45) is 4.45. The number of aryl methyl sites for hydroxylation is 1. The van der Waals surface area contributed by atoms with Crippen molar-refractivity contribution in [3.05, 3.63) is 29.8 Å². The Morgan fingerprint density at radius 3 is 2.72 bits per heavy atom. The van der Waals surface area contributed by atoms with Crippen molar-refractivity contribution in [3.8, 4) is 0 Å². The van der Waals surface area contributed by atoms with Crippen molar-refractivity contribution in [2.75, 3.05) is 16.4 Å². The minimum atomic E-state index is 0.140. The fourth-order valence-electron chi connectivity index (χ4n) is 2.03. The molecule has 2 rings (SSSR count). The van der Waals surface area contributed by atoms with E-state index in [-0.39, 0.29) is 11.2 Å². The Balaban J connectivity index is 1.89. The normalized spacial score (nSPS) is 19.5. The molecule has 0 aliphatic carbocycles.